The van der Waals surface area contributed by atoms with Crippen LogP contribution in [0, 0.1) is 13.8 Å². The Kier molecular flexibility index (Phi) is 10.6. The molecule has 10 heteroatoms. The molecule has 2 amide bonds. The van der Waals surface area contributed by atoms with Crippen LogP contribution in [0.25, 0.3) is 0 Å². The maximum atomic E-state index is 14.2. The van der Waals surface area contributed by atoms with Gasteiger partial charge in [-0.05, 0) is 75.1 Å². The molecule has 4 rings (SSSR count). The lowest BCUT2D eigenvalue weighted by Gasteiger charge is -2.33. The summed E-state index contributed by atoms with van der Waals surface area (Å²) in [6.07, 6.45) is 5.03. The number of carbonyl (C=O) groups is 2. The van der Waals surface area contributed by atoms with E-state index in [1.165, 1.54) is 23.1 Å². The molecule has 0 saturated heterocycles. The summed E-state index contributed by atoms with van der Waals surface area (Å²) < 4.78 is 29.2. The molecule has 42 heavy (non-hydrogen) atoms. The number of sulfonamides is 1. The molecule has 3 aromatic carbocycles. The molecule has 1 atom stereocenters. The molecule has 1 unspecified atom stereocenters. The van der Waals surface area contributed by atoms with Crippen molar-refractivity contribution in [3.8, 4) is 0 Å². The zero-order chi connectivity index (χ0) is 30.4. The number of aryl methyl sites for hydroxylation is 2. The molecule has 0 heterocycles. The molecule has 0 bridgehead atoms. The van der Waals surface area contributed by atoms with Gasteiger partial charge in [0.05, 0.1) is 10.6 Å². The highest BCUT2D eigenvalue weighted by molar-refractivity contribution is 7.92. The van der Waals surface area contributed by atoms with Gasteiger partial charge in [-0.1, -0.05) is 84.4 Å². The second-order valence-corrected chi connectivity index (χ2v) is 13.6. The molecule has 0 aliphatic heterocycles. The summed E-state index contributed by atoms with van der Waals surface area (Å²) >= 11 is 12.8. The van der Waals surface area contributed by atoms with Crippen LogP contribution in [0.15, 0.2) is 71.6 Å². The fraction of sp³-hybridized carbons (Fsp3) is 0.375. The predicted octanol–water partition coefficient (Wildman–Crippen LogP) is 6.67. The van der Waals surface area contributed by atoms with Gasteiger partial charge in [0.25, 0.3) is 10.0 Å². The van der Waals surface area contributed by atoms with Crippen LogP contribution in [-0.4, -0.2) is 43.8 Å². The Morgan fingerprint density at radius 1 is 0.952 bits per heavy atom. The lowest BCUT2D eigenvalue weighted by Crippen LogP contribution is -2.53. The minimum Gasteiger partial charge on any atom is -0.352 e. The molecule has 224 valence electrons. The Hall–Kier alpha value is -3.07. The highest BCUT2D eigenvalue weighted by Gasteiger charge is 2.34. The topological polar surface area (TPSA) is 86.8 Å². The number of benzene rings is 3. The SMILES string of the molecule is Cc1ccc(S(=O)(=O)N(CC(=O)N(Cc2ccccc2Cl)C(C)C(=O)NC2CCCCC2)c2cc(Cl)ccc2C)cc1. The molecule has 0 aromatic heterocycles. The second kappa shape index (κ2) is 13.9. The van der Waals surface area contributed by atoms with Gasteiger partial charge >= 0.3 is 0 Å². The number of hydrogen-bond donors (Lipinski definition) is 1. The Balaban J connectivity index is 1.72. The van der Waals surface area contributed by atoms with Crippen molar-refractivity contribution in [3.05, 3.63) is 93.5 Å². The van der Waals surface area contributed by atoms with Crippen LogP contribution in [0.1, 0.15) is 55.7 Å². The quantitative estimate of drug-likeness (QED) is 0.271. The van der Waals surface area contributed by atoms with E-state index in [-0.39, 0.29) is 29.1 Å². The third-order valence-electron chi connectivity index (χ3n) is 7.75. The Morgan fingerprint density at radius 3 is 2.29 bits per heavy atom. The number of amides is 2. The molecule has 1 fully saturated rings. The third-order valence-corrected chi connectivity index (χ3v) is 10.1. The number of carbonyl (C=O) groups excluding carboxylic acids is 2. The largest absolute Gasteiger partial charge is 0.352 e. The molecule has 1 aliphatic rings. The number of rotatable bonds is 10. The van der Waals surface area contributed by atoms with Crippen LogP contribution in [0.4, 0.5) is 5.69 Å². The molecule has 0 spiro atoms. The first-order valence-electron chi connectivity index (χ1n) is 14.2. The smallest absolute Gasteiger partial charge is 0.264 e. The fourth-order valence-electron chi connectivity index (χ4n) is 5.16. The summed E-state index contributed by atoms with van der Waals surface area (Å²) in [5.74, 6) is -0.828. The van der Waals surface area contributed by atoms with Gasteiger partial charge in [-0.15, -0.1) is 0 Å². The average molecular weight is 631 g/mol. The Labute approximate surface area is 258 Å². The Morgan fingerprint density at radius 2 is 1.62 bits per heavy atom. The lowest BCUT2D eigenvalue weighted by molar-refractivity contribution is -0.139. The second-order valence-electron chi connectivity index (χ2n) is 10.9. The van der Waals surface area contributed by atoms with Gasteiger partial charge in [0, 0.05) is 22.6 Å². The van der Waals surface area contributed by atoms with Gasteiger partial charge in [0.2, 0.25) is 11.8 Å². The zero-order valence-electron chi connectivity index (χ0n) is 24.1. The van der Waals surface area contributed by atoms with E-state index in [2.05, 4.69) is 5.32 Å². The van der Waals surface area contributed by atoms with Crippen LogP contribution < -0.4 is 9.62 Å². The minimum atomic E-state index is -4.19. The highest BCUT2D eigenvalue weighted by atomic mass is 35.5. The summed E-state index contributed by atoms with van der Waals surface area (Å²) in [6.45, 7) is 4.78. The van der Waals surface area contributed by atoms with Crippen molar-refractivity contribution in [2.45, 2.75) is 76.4 Å². The van der Waals surface area contributed by atoms with E-state index in [1.807, 2.05) is 6.92 Å². The van der Waals surface area contributed by atoms with E-state index in [9.17, 15) is 18.0 Å². The maximum Gasteiger partial charge on any atom is 0.264 e. The minimum absolute atomic E-state index is 0.0324. The Bertz CT molecular complexity index is 1520. The van der Waals surface area contributed by atoms with Gasteiger partial charge in [-0.3, -0.25) is 13.9 Å². The summed E-state index contributed by atoms with van der Waals surface area (Å²) in [7, 11) is -4.19. The highest BCUT2D eigenvalue weighted by Crippen LogP contribution is 2.30. The van der Waals surface area contributed by atoms with Crippen molar-refractivity contribution in [3.63, 3.8) is 0 Å². The molecule has 1 saturated carbocycles. The van der Waals surface area contributed by atoms with E-state index in [4.69, 9.17) is 23.2 Å². The van der Waals surface area contributed by atoms with Gasteiger partial charge < -0.3 is 10.2 Å². The standard InChI is InChI=1S/C32H37Cl2N3O4S/c1-22-13-17-28(18-14-22)42(40,41)37(30-19-26(33)16-15-23(30)2)21-31(38)36(20-25-9-7-8-12-29(25)34)24(3)32(39)35-27-10-5-4-6-11-27/h7-9,12-19,24,27H,4-6,10-11,20-21H2,1-3H3,(H,35,39). The van der Waals surface area contributed by atoms with Gasteiger partial charge in [-0.2, -0.15) is 0 Å². The number of nitrogens with zero attached hydrogens (tertiary/aromatic N) is 2. The maximum absolute atomic E-state index is 14.2. The molecular weight excluding hydrogens is 593 g/mol. The van der Waals surface area contributed by atoms with Crippen molar-refractivity contribution in [2.75, 3.05) is 10.8 Å². The summed E-state index contributed by atoms with van der Waals surface area (Å²) in [5.41, 5.74) is 2.47. The van der Waals surface area contributed by atoms with Crippen LogP contribution in [0.3, 0.4) is 0 Å². The van der Waals surface area contributed by atoms with Crippen molar-refractivity contribution in [1.82, 2.24) is 10.2 Å². The predicted molar refractivity (Wildman–Crippen MR) is 168 cm³/mol. The lowest BCUT2D eigenvalue weighted by atomic mass is 9.95. The van der Waals surface area contributed by atoms with E-state index < -0.39 is 28.5 Å². The molecular formula is C32H37Cl2N3O4S. The third kappa shape index (κ3) is 7.65. The summed E-state index contributed by atoms with van der Waals surface area (Å²) in [5, 5.41) is 3.88. The van der Waals surface area contributed by atoms with Gasteiger partial charge in [-0.25, -0.2) is 8.42 Å². The number of nitrogens with one attached hydrogen (secondary N) is 1. The number of halogens is 2. The molecule has 3 aromatic rings. The van der Waals surface area contributed by atoms with Crippen molar-refractivity contribution in [2.24, 2.45) is 0 Å². The van der Waals surface area contributed by atoms with Crippen molar-refractivity contribution < 1.29 is 18.0 Å². The van der Waals surface area contributed by atoms with Crippen LogP contribution in [0.5, 0.6) is 0 Å². The van der Waals surface area contributed by atoms with Crippen LogP contribution in [0.2, 0.25) is 10.0 Å². The average Bonchev–Trinajstić information content (AvgIpc) is 2.97. The first-order chi connectivity index (χ1) is 20.0. The van der Waals surface area contributed by atoms with Gasteiger partial charge in [0.15, 0.2) is 0 Å². The van der Waals surface area contributed by atoms with Gasteiger partial charge in [0.1, 0.15) is 12.6 Å². The number of anilines is 1. The van der Waals surface area contributed by atoms with E-state index in [1.54, 1.807) is 62.4 Å². The van der Waals surface area contributed by atoms with Crippen molar-refractivity contribution >= 4 is 50.7 Å². The summed E-state index contributed by atoms with van der Waals surface area (Å²) in [4.78, 5) is 29.1. The molecule has 7 nitrogen and oxygen atoms in total. The van der Waals surface area contributed by atoms with Crippen molar-refractivity contribution in [1.29, 1.82) is 0 Å². The molecule has 0 radical (unpaired) electrons. The summed E-state index contributed by atoms with van der Waals surface area (Å²) in [6, 6.07) is 17.6. The monoisotopic (exact) mass is 629 g/mol. The zero-order valence-corrected chi connectivity index (χ0v) is 26.5. The normalized spacial score (nSPS) is 14.7. The van der Waals surface area contributed by atoms with Crippen LogP contribution >= 0.6 is 23.2 Å². The van der Waals surface area contributed by atoms with E-state index in [0.717, 1.165) is 42.0 Å². The number of hydrogen-bond acceptors (Lipinski definition) is 4. The van der Waals surface area contributed by atoms with E-state index in [0.29, 0.717) is 21.2 Å². The van der Waals surface area contributed by atoms with Crippen LogP contribution in [-0.2, 0) is 26.2 Å². The molecule has 1 aliphatic carbocycles. The fourth-order valence-corrected chi connectivity index (χ4v) is 7.00. The van der Waals surface area contributed by atoms with E-state index >= 15 is 0 Å². The first kappa shape index (κ1) is 31.9. The first-order valence-corrected chi connectivity index (χ1v) is 16.4. The molecule has 1 N–H and O–H groups in total.